The lowest BCUT2D eigenvalue weighted by atomic mass is 10.1. The lowest BCUT2D eigenvalue weighted by Crippen LogP contribution is -2.30. The summed E-state index contributed by atoms with van der Waals surface area (Å²) in [6.45, 7) is 6.31. The van der Waals surface area contributed by atoms with Crippen molar-refractivity contribution in [3.8, 4) is 0 Å². The summed E-state index contributed by atoms with van der Waals surface area (Å²) in [4.78, 5) is 38.0. The maximum atomic E-state index is 12.8. The van der Waals surface area contributed by atoms with Crippen LogP contribution in [0.2, 0.25) is 0 Å². The Kier molecular flexibility index (Phi) is 50.5. The van der Waals surface area contributed by atoms with Crippen LogP contribution in [0.3, 0.4) is 0 Å². The summed E-state index contributed by atoms with van der Waals surface area (Å²) < 4.78 is 16.8. The molecule has 1 atom stereocenters. The molecule has 0 rings (SSSR count). The van der Waals surface area contributed by atoms with Crippen molar-refractivity contribution in [2.45, 2.75) is 239 Å². The number of allylic oxidation sites excluding steroid dienone is 18. The number of unbranched alkanes of at least 4 members (excludes halogenated alkanes) is 21. The lowest BCUT2D eigenvalue weighted by molar-refractivity contribution is -0.167. The van der Waals surface area contributed by atoms with E-state index in [-0.39, 0.29) is 37.5 Å². The number of carbonyl (C=O) groups excluding carboxylic acids is 3. The van der Waals surface area contributed by atoms with Gasteiger partial charge in [0.15, 0.2) is 6.10 Å². The highest BCUT2D eigenvalue weighted by Crippen LogP contribution is 2.14. The Morgan fingerprint density at radius 3 is 1.14 bits per heavy atom. The Hall–Kier alpha value is -3.93. The molecule has 0 aromatic rings. The first-order valence-corrected chi connectivity index (χ1v) is 26.9. The van der Waals surface area contributed by atoms with Crippen molar-refractivity contribution in [2.24, 2.45) is 0 Å². The third-order valence-corrected chi connectivity index (χ3v) is 11.1. The van der Waals surface area contributed by atoms with E-state index in [0.29, 0.717) is 19.3 Å². The summed E-state index contributed by atoms with van der Waals surface area (Å²) in [6.07, 6.45) is 72.2. The van der Waals surface area contributed by atoms with Gasteiger partial charge in [0.2, 0.25) is 0 Å². The van der Waals surface area contributed by atoms with Crippen molar-refractivity contribution < 1.29 is 28.6 Å². The second-order valence-corrected chi connectivity index (χ2v) is 17.5. The molecule has 0 aliphatic heterocycles. The summed E-state index contributed by atoms with van der Waals surface area (Å²) in [5, 5.41) is 0. The highest BCUT2D eigenvalue weighted by Gasteiger charge is 2.19. The molecule has 6 heteroatoms. The normalized spacial score (nSPS) is 13.0. The van der Waals surface area contributed by atoms with Gasteiger partial charge in [0.1, 0.15) is 13.2 Å². The fourth-order valence-electron chi connectivity index (χ4n) is 7.08. The Balaban J connectivity index is 4.48. The second-order valence-electron chi connectivity index (χ2n) is 17.5. The van der Waals surface area contributed by atoms with E-state index in [9.17, 15) is 14.4 Å². The number of rotatable bonds is 47. The SMILES string of the molecule is CC\C=C/C=C\C=C/C=C\CCCCCC(=O)OCC(COC(=O)CCCCCCCCC/C=C\CCCCCCCCCC)OC(=O)CCCCC/C=C\C/C=C\C/C=C\C/C=C\CC. The van der Waals surface area contributed by atoms with E-state index in [0.717, 1.165) is 96.3 Å². The summed E-state index contributed by atoms with van der Waals surface area (Å²) in [5.74, 6) is -0.987. The molecule has 0 spiro atoms. The molecule has 0 radical (unpaired) electrons. The van der Waals surface area contributed by atoms with Crippen LogP contribution in [-0.2, 0) is 28.6 Å². The van der Waals surface area contributed by atoms with Crippen LogP contribution in [-0.4, -0.2) is 37.2 Å². The minimum absolute atomic E-state index is 0.108. The molecule has 0 heterocycles. The van der Waals surface area contributed by atoms with E-state index in [2.05, 4.69) is 93.7 Å². The second kappa shape index (κ2) is 53.7. The van der Waals surface area contributed by atoms with Gasteiger partial charge >= 0.3 is 17.9 Å². The van der Waals surface area contributed by atoms with Gasteiger partial charge in [-0.15, -0.1) is 0 Å². The van der Waals surface area contributed by atoms with Gasteiger partial charge in [0.25, 0.3) is 0 Å². The summed E-state index contributed by atoms with van der Waals surface area (Å²) in [7, 11) is 0. The first kappa shape index (κ1) is 62.1. The average Bonchev–Trinajstić information content (AvgIpc) is 3.31. The quantitative estimate of drug-likeness (QED) is 0.0199. The summed E-state index contributed by atoms with van der Waals surface area (Å²) >= 11 is 0. The molecular formula is C60H98O6. The minimum atomic E-state index is -0.814. The van der Waals surface area contributed by atoms with Crippen LogP contribution in [0.15, 0.2) is 109 Å². The van der Waals surface area contributed by atoms with Crippen molar-refractivity contribution in [1.29, 1.82) is 0 Å². The third kappa shape index (κ3) is 51.1. The first-order chi connectivity index (χ1) is 32.5. The van der Waals surface area contributed by atoms with Gasteiger partial charge in [0.05, 0.1) is 0 Å². The largest absolute Gasteiger partial charge is 0.462 e. The maximum Gasteiger partial charge on any atom is 0.306 e. The fourth-order valence-corrected chi connectivity index (χ4v) is 7.08. The molecule has 0 saturated carbocycles. The van der Waals surface area contributed by atoms with Crippen LogP contribution in [0.1, 0.15) is 233 Å². The molecule has 66 heavy (non-hydrogen) atoms. The van der Waals surface area contributed by atoms with E-state index in [4.69, 9.17) is 14.2 Å². The van der Waals surface area contributed by atoms with Crippen molar-refractivity contribution >= 4 is 17.9 Å². The van der Waals surface area contributed by atoms with Gasteiger partial charge in [-0.2, -0.15) is 0 Å². The molecule has 374 valence electrons. The monoisotopic (exact) mass is 915 g/mol. The van der Waals surface area contributed by atoms with Crippen LogP contribution >= 0.6 is 0 Å². The van der Waals surface area contributed by atoms with Gasteiger partial charge in [-0.1, -0.05) is 220 Å². The molecule has 0 saturated heterocycles. The lowest BCUT2D eigenvalue weighted by Gasteiger charge is -2.18. The average molecular weight is 915 g/mol. The van der Waals surface area contributed by atoms with E-state index in [1.807, 2.05) is 36.5 Å². The Morgan fingerprint density at radius 2 is 0.667 bits per heavy atom. The molecule has 0 aliphatic rings. The number of hydrogen-bond acceptors (Lipinski definition) is 6. The molecule has 0 bridgehead atoms. The Morgan fingerprint density at radius 1 is 0.333 bits per heavy atom. The van der Waals surface area contributed by atoms with Gasteiger partial charge in [-0.3, -0.25) is 14.4 Å². The molecule has 1 unspecified atom stereocenters. The summed E-state index contributed by atoms with van der Waals surface area (Å²) in [5.41, 5.74) is 0. The highest BCUT2D eigenvalue weighted by atomic mass is 16.6. The van der Waals surface area contributed by atoms with Gasteiger partial charge < -0.3 is 14.2 Å². The predicted octanol–water partition coefficient (Wildman–Crippen LogP) is 17.9. The maximum absolute atomic E-state index is 12.8. The van der Waals surface area contributed by atoms with Crippen molar-refractivity contribution in [3.63, 3.8) is 0 Å². The molecular weight excluding hydrogens is 817 g/mol. The molecule has 0 aliphatic carbocycles. The smallest absolute Gasteiger partial charge is 0.306 e. The highest BCUT2D eigenvalue weighted by molar-refractivity contribution is 5.71. The molecule has 6 nitrogen and oxygen atoms in total. The zero-order valence-corrected chi connectivity index (χ0v) is 42.7. The van der Waals surface area contributed by atoms with Crippen molar-refractivity contribution in [1.82, 2.24) is 0 Å². The van der Waals surface area contributed by atoms with Gasteiger partial charge in [-0.05, 0) is 103 Å². The van der Waals surface area contributed by atoms with Gasteiger partial charge in [-0.25, -0.2) is 0 Å². The topological polar surface area (TPSA) is 78.9 Å². The number of carbonyl (C=O) groups is 3. The number of hydrogen-bond donors (Lipinski definition) is 0. The van der Waals surface area contributed by atoms with Gasteiger partial charge in [0, 0.05) is 19.3 Å². The van der Waals surface area contributed by atoms with Crippen LogP contribution in [0.4, 0.5) is 0 Å². The summed E-state index contributed by atoms with van der Waals surface area (Å²) in [6, 6.07) is 0. The van der Waals surface area contributed by atoms with Crippen molar-refractivity contribution in [3.05, 3.63) is 109 Å². The third-order valence-electron chi connectivity index (χ3n) is 11.1. The molecule has 0 amide bonds. The van der Waals surface area contributed by atoms with Crippen LogP contribution < -0.4 is 0 Å². The molecule has 0 fully saturated rings. The van der Waals surface area contributed by atoms with Crippen molar-refractivity contribution in [2.75, 3.05) is 13.2 Å². The van der Waals surface area contributed by atoms with E-state index in [1.165, 1.54) is 89.9 Å². The first-order valence-electron chi connectivity index (χ1n) is 26.9. The number of ether oxygens (including phenoxy) is 3. The number of esters is 3. The Labute approximate surface area is 406 Å². The molecule has 0 aromatic heterocycles. The zero-order chi connectivity index (χ0) is 47.9. The van der Waals surface area contributed by atoms with E-state index in [1.54, 1.807) is 0 Å². The Bertz CT molecular complexity index is 1370. The van der Waals surface area contributed by atoms with Crippen LogP contribution in [0.5, 0.6) is 0 Å². The molecule has 0 N–H and O–H groups in total. The van der Waals surface area contributed by atoms with Crippen LogP contribution in [0, 0.1) is 0 Å². The minimum Gasteiger partial charge on any atom is -0.462 e. The van der Waals surface area contributed by atoms with E-state index < -0.39 is 6.10 Å². The standard InChI is InChI=1S/C60H98O6/c1-4-7-10-13-16-19-22-25-27-29-30-31-33-35-38-41-44-47-50-53-59(62)65-56-57(55-64-58(61)52-49-46-43-40-37-34-24-21-18-15-12-9-6-3)66-60(63)54-51-48-45-42-39-36-32-28-26-23-20-17-14-11-8-5-2/h8-9,11-12,15,17-18,20-21,24,26,28-30,34,36-37,39,57H,4-7,10,13-14,16,19,22-23,25,27,31-33,35,38,40-56H2,1-3H3/b11-8-,12-9-,18-15-,20-17-,24-21-,28-26-,30-29-,37-34-,39-36-. The van der Waals surface area contributed by atoms with Crippen LogP contribution in [0.25, 0.3) is 0 Å². The fraction of sp³-hybridized carbons (Fsp3) is 0.650. The molecule has 0 aromatic carbocycles. The van der Waals surface area contributed by atoms with E-state index >= 15 is 0 Å². The zero-order valence-electron chi connectivity index (χ0n) is 42.7. The predicted molar refractivity (Wildman–Crippen MR) is 283 cm³/mol.